The lowest BCUT2D eigenvalue weighted by atomic mass is 10.0. The van der Waals surface area contributed by atoms with Crippen molar-refractivity contribution in [3.8, 4) is 5.75 Å². The Morgan fingerprint density at radius 1 is 1.19 bits per heavy atom. The normalized spacial score (nSPS) is 12.6. The molecule has 3 aromatic rings. The first-order valence-corrected chi connectivity index (χ1v) is 6.74. The Balaban J connectivity index is 2.05. The van der Waals surface area contributed by atoms with Crippen molar-refractivity contribution in [3.05, 3.63) is 64.6 Å². The third-order valence-electron chi connectivity index (χ3n) is 3.33. The molecule has 0 saturated heterocycles. The Hall–Kier alpha value is -2.04. The maximum absolute atomic E-state index is 13.2. The van der Waals surface area contributed by atoms with Crippen LogP contribution in [-0.4, -0.2) is 7.11 Å². The number of benzene rings is 2. The van der Waals surface area contributed by atoms with E-state index in [1.54, 1.807) is 37.4 Å². The number of rotatable bonds is 3. The van der Waals surface area contributed by atoms with Crippen LogP contribution in [0.3, 0.4) is 0 Å². The minimum atomic E-state index is -0.521. The van der Waals surface area contributed by atoms with Gasteiger partial charge in [-0.15, -0.1) is 0 Å². The molecule has 1 heterocycles. The highest BCUT2D eigenvalue weighted by Gasteiger charge is 2.18. The fraction of sp³-hybridized carbons (Fsp3) is 0.125. The molecule has 0 amide bonds. The summed E-state index contributed by atoms with van der Waals surface area (Å²) < 4.78 is 24.2. The molecule has 5 heteroatoms. The second-order valence-electron chi connectivity index (χ2n) is 4.69. The fourth-order valence-corrected chi connectivity index (χ4v) is 2.45. The first-order chi connectivity index (χ1) is 10.1. The van der Waals surface area contributed by atoms with Gasteiger partial charge in [0.05, 0.1) is 13.2 Å². The quantitative estimate of drug-likeness (QED) is 0.785. The summed E-state index contributed by atoms with van der Waals surface area (Å²) >= 11 is 5.94. The van der Waals surface area contributed by atoms with Crippen LogP contribution >= 0.6 is 11.6 Å². The summed E-state index contributed by atoms with van der Waals surface area (Å²) in [6.07, 6.45) is 0. The number of furan rings is 1. The Morgan fingerprint density at radius 3 is 2.76 bits per heavy atom. The Bertz CT molecular complexity index is 800. The van der Waals surface area contributed by atoms with Crippen molar-refractivity contribution in [3.63, 3.8) is 0 Å². The first-order valence-electron chi connectivity index (χ1n) is 6.36. The molecular formula is C16H13ClFNO2. The summed E-state index contributed by atoms with van der Waals surface area (Å²) in [5.74, 6) is 0.811. The molecular weight excluding hydrogens is 293 g/mol. The van der Waals surface area contributed by atoms with Gasteiger partial charge in [-0.2, -0.15) is 0 Å². The van der Waals surface area contributed by atoms with Crippen molar-refractivity contribution >= 4 is 22.6 Å². The number of hydrogen-bond donors (Lipinski definition) is 1. The van der Waals surface area contributed by atoms with E-state index in [9.17, 15) is 4.39 Å². The SMILES string of the molecule is COc1cc(Cl)ccc1C(N)c1cc2cc(F)ccc2o1. The molecule has 1 aromatic heterocycles. The third-order valence-corrected chi connectivity index (χ3v) is 3.57. The van der Waals surface area contributed by atoms with Gasteiger partial charge in [0.2, 0.25) is 0 Å². The maximum atomic E-state index is 13.2. The number of ether oxygens (including phenoxy) is 1. The molecule has 0 aliphatic rings. The van der Waals surface area contributed by atoms with Crippen LogP contribution in [0.25, 0.3) is 11.0 Å². The molecule has 0 radical (unpaired) electrons. The number of halogens is 2. The molecule has 0 spiro atoms. The number of nitrogens with two attached hydrogens (primary N) is 1. The molecule has 2 N–H and O–H groups in total. The molecule has 0 saturated carbocycles. The van der Waals surface area contributed by atoms with Crippen LogP contribution in [0.4, 0.5) is 4.39 Å². The minimum absolute atomic E-state index is 0.313. The molecule has 0 bridgehead atoms. The topological polar surface area (TPSA) is 48.4 Å². The lowest BCUT2D eigenvalue weighted by Crippen LogP contribution is -2.12. The molecule has 0 aliphatic heterocycles. The van der Waals surface area contributed by atoms with Crippen LogP contribution in [0.5, 0.6) is 5.75 Å². The molecule has 0 aliphatic carbocycles. The van der Waals surface area contributed by atoms with Gasteiger partial charge in [0.15, 0.2) is 0 Å². The van der Waals surface area contributed by atoms with Gasteiger partial charge < -0.3 is 14.9 Å². The van der Waals surface area contributed by atoms with E-state index in [2.05, 4.69) is 0 Å². The number of hydrogen-bond acceptors (Lipinski definition) is 3. The molecule has 1 atom stereocenters. The number of methoxy groups -OCH3 is 1. The van der Waals surface area contributed by atoms with E-state index in [1.165, 1.54) is 12.1 Å². The predicted octanol–water partition coefficient (Wildman–Crippen LogP) is 4.28. The van der Waals surface area contributed by atoms with Gasteiger partial charge in [0, 0.05) is 16.0 Å². The van der Waals surface area contributed by atoms with Crippen LogP contribution in [0.1, 0.15) is 17.4 Å². The Kier molecular flexibility index (Phi) is 3.57. The first kappa shape index (κ1) is 13.9. The Labute approximate surface area is 126 Å². The largest absolute Gasteiger partial charge is 0.496 e. The molecule has 3 rings (SSSR count). The van der Waals surface area contributed by atoms with Crippen LogP contribution < -0.4 is 10.5 Å². The maximum Gasteiger partial charge on any atom is 0.134 e. The second-order valence-corrected chi connectivity index (χ2v) is 5.13. The Morgan fingerprint density at radius 2 is 2.00 bits per heavy atom. The van der Waals surface area contributed by atoms with E-state index < -0.39 is 6.04 Å². The van der Waals surface area contributed by atoms with Crippen molar-refractivity contribution in [2.75, 3.05) is 7.11 Å². The van der Waals surface area contributed by atoms with Gasteiger partial charge in [-0.05, 0) is 36.4 Å². The number of fused-ring (bicyclic) bond motifs is 1. The van der Waals surface area contributed by atoms with Crippen molar-refractivity contribution in [1.29, 1.82) is 0 Å². The molecule has 1 unspecified atom stereocenters. The van der Waals surface area contributed by atoms with Gasteiger partial charge in [0.1, 0.15) is 22.9 Å². The van der Waals surface area contributed by atoms with E-state index in [-0.39, 0.29) is 5.82 Å². The average Bonchev–Trinajstić information content (AvgIpc) is 2.89. The van der Waals surface area contributed by atoms with Gasteiger partial charge in [-0.3, -0.25) is 0 Å². The molecule has 21 heavy (non-hydrogen) atoms. The minimum Gasteiger partial charge on any atom is -0.496 e. The highest BCUT2D eigenvalue weighted by Crippen LogP contribution is 2.33. The van der Waals surface area contributed by atoms with Crippen molar-refractivity contribution < 1.29 is 13.5 Å². The van der Waals surface area contributed by atoms with E-state index >= 15 is 0 Å². The molecule has 3 nitrogen and oxygen atoms in total. The van der Waals surface area contributed by atoms with Crippen LogP contribution in [0.15, 0.2) is 46.9 Å². The second kappa shape index (κ2) is 5.39. The summed E-state index contributed by atoms with van der Waals surface area (Å²) in [4.78, 5) is 0. The van der Waals surface area contributed by atoms with Crippen LogP contribution in [-0.2, 0) is 0 Å². The average molecular weight is 306 g/mol. The van der Waals surface area contributed by atoms with E-state index in [4.69, 9.17) is 26.5 Å². The van der Waals surface area contributed by atoms with Crippen molar-refractivity contribution in [1.82, 2.24) is 0 Å². The van der Waals surface area contributed by atoms with Gasteiger partial charge >= 0.3 is 0 Å². The standard InChI is InChI=1S/C16H13ClFNO2/c1-20-14-8-10(17)2-4-12(14)16(19)15-7-9-6-11(18)3-5-13(9)21-15/h2-8,16H,19H2,1H3. The van der Waals surface area contributed by atoms with Crippen LogP contribution in [0.2, 0.25) is 5.02 Å². The van der Waals surface area contributed by atoms with E-state index in [0.717, 1.165) is 5.56 Å². The summed E-state index contributed by atoms with van der Waals surface area (Å²) in [6.45, 7) is 0. The fourth-order valence-electron chi connectivity index (χ4n) is 2.28. The summed E-state index contributed by atoms with van der Waals surface area (Å²) in [5.41, 5.74) is 7.58. The zero-order valence-corrected chi connectivity index (χ0v) is 12.0. The lowest BCUT2D eigenvalue weighted by molar-refractivity contribution is 0.404. The van der Waals surface area contributed by atoms with Gasteiger partial charge in [0.25, 0.3) is 0 Å². The zero-order chi connectivity index (χ0) is 15.0. The van der Waals surface area contributed by atoms with Gasteiger partial charge in [-0.1, -0.05) is 17.7 Å². The third kappa shape index (κ3) is 2.60. The molecule has 0 fully saturated rings. The van der Waals surface area contributed by atoms with Gasteiger partial charge in [-0.25, -0.2) is 4.39 Å². The highest BCUT2D eigenvalue weighted by molar-refractivity contribution is 6.30. The van der Waals surface area contributed by atoms with E-state index in [1.807, 2.05) is 0 Å². The zero-order valence-electron chi connectivity index (χ0n) is 11.3. The monoisotopic (exact) mass is 305 g/mol. The summed E-state index contributed by atoms with van der Waals surface area (Å²) in [7, 11) is 1.55. The smallest absolute Gasteiger partial charge is 0.134 e. The highest BCUT2D eigenvalue weighted by atomic mass is 35.5. The summed E-state index contributed by atoms with van der Waals surface area (Å²) in [6, 6.07) is 10.8. The molecule has 2 aromatic carbocycles. The van der Waals surface area contributed by atoms with Crippen molar-refractivity contribution in [2.45, 2.75) is 6.04 Å². The predicted molar refractivity (Wildman–Crippen MR) is 80.2 cm³/mol. The van der Waals surface area contributed by atoms with E-state index in [0.29, 0.717) is 27.5 Å². The van der Waals surface area contributed by atoms with Crippen molar-refractivity contribution in [2.24, 2.45) is 5.73 Å². The lowest BCUT2D eigenvalue weighted by Gasteiger charge is -2.13. The van der Waals surface area contributed by atoms with Crippen LogP contribution in [0, 0.1) is 5.82 Å². The summed E-state index contributed by atoms with van der Waals surface area (Å²) in [5, 5.41) is 1.24. The molecule has 108 valence electrons.